The van der Waals surface area contributed by atoms with E-state index in [9.17, 15) is 4.79 Å². The van der Waals surface area contributed by atoms with E-state index >= 15 is 0 Å². The molecule has 3 nitrogen and oxygen atoms in total. The van der Waals surface area contributed by atoms with Crippen molar-refractivity contribution in [2.75, 3.05) is 18.9 Å². The molecule has 0 fully saturated rings. The lowest BCUT2D eigenvalue weighted by molar-refractivity contribution is -0.117. The van der Waals surface area contributed by atoms with Gasteiger partial charge in [-0.1, -0.05) is 66.2 Å². The molecule has 3 heteroatoms. The average molecular weight is 370 g/mol. The number of nitrogens with zero attached hydrogens (tertiary/aromatic N) is 1. The predicted octanol–water partition coefficient (Wildman–Crippen LogP) is 5.25. The van der Waals surface area contributed by atoms with E-state index in [1.807, 2.05) is 20.9 Å². The third kappa shape index (κ3) is 3.23. The molecule has 0 aromatic heterocycles. The molecule has 1 aliphatic carbocycles. The van der Waals surface area contributed by atoms with E-state index < -0.39 is 0 Å². The van der Waals surface area contributed by atoms with Crippen LogP contribution in [0.25, 0.3) is 11.1 Å². The van der Waals surface area contributed by atoms with Gasteiger partial charge in [-0.25, -0.2) is 0 Å². The zero-order valence-electron chi connectivity index (χ0n) is 16.9. The van der Waals surface area contributed by atoms with Crippen LogP contribution in [0.2, 0.25) is 0 Å². The van der Waals surface area contributed by atoms with E-state index in [4.69, 9.17) is 0 Å². The first-order chi connectivity index (χ1) is 13.5. The lowest BCUT2D eigenvalue weighted by Gasteiger charge is -2.26. The zero-order chi connectivity index (χ0) is 19.8. The highest BCUT2D eigenvalue weighted by atomic mass is 16.2. The fraction of sp³-hybridized carbons (Fsp3) is 0.240. The summed E-state index contributed by atoms with van der Waals surface area (Å²) in [5, 5.41) is 3.13. The number of likely N-dealkylation sites (N-methyl/N-ethyl adjacent to an activating group) is 1. The first-order valence-corrected chi connectivity index (χ1v) is 9.72. The second-order valence-electron chi connectivity index (χ2n) is 7.81. The summed E-state index contributed by atoms with van der Waals surface area (Å²) in [6, 6.07) is 21.3. The van der Waals surface area contributed by atoms with E-state index in [0.29, 0.717) is 6.54 Å². The van der Waals surface area contributed by atoms with E-state index in [-0.39, 0.29) is 11.9 Å². The molecular weight excluding hydrogens is 344 g/mol. The normalized spacial score (nSPS) is 12.8. The van der Waals surface area contributed by atoms with Gasteiger partial charge in [0, 0.05) is 5.69 Å². The first kappa shape index (κ1) is 18.5. The minimum Gasteiger partial charge on any atom is -0.324 e. The van der Waals surface area contributed by atoms with Crippen LogP contribution in [0, 0.1) is 20.8 Å². The quantitative estimate of drug-likeness (QED) is 0.680. The Labute approximate surface area is 167 Å². The summed E-state index contributed by atoms with van der Waals surface area (Å²) < 4.78 is 0. The van der Waals surface area contributed by atoms with E-state index in [1.54, 1.807) is 0 Å². The lowest BCUT2D eigenvalue weighted by Crippen LogP contribution is -2.33. The van der Waals surface area contributed by atoms with Crippen LogP contribution in [0.5, 0.6) is 0 Å². The summed E-state index contributed by atoms with van der Waals surface area (Å²) in [5.41, 5.74) is 9.40. The van der Waals surface area contributed by atoms with Crippen molar-refractivity contribution in [1.82, 2.24) is 4.90 Å². The predicted molar refractivity (Wildman–Crippen MR) is 116 cm³/mol. The van der Waals surface area contributed by atoms with E-state index in [2.05, 4.69) is 77.8 Å². The lowest BCUT2D eigenvalue weighted by atomic mass is 10.0. The van der Waals surface area contributed by atoms with Gasteiger partial charge < -0.3 is 5.32 Å². The fourth-order valence-corrected chi connectivity index (χ4v) is 4.48. The number of fused-ring (bicyclic) bond motifs is 3. The van der Waals surface area contributed by atoms with Crippen molar-refractivity contribution >= 4 is 11.6 Å². The number of carbonyl (C=O) groups is 1. The average Bonchev–Trinajstić information content (AvgIpc) is 2.99. The van der Waals surface area contributed by atoms with Crippen molar-refractivity contribution in [3.8, 4) is 11.1 Å². The van der Waals surface area contributed by atoms with E-state index in [0.717, 1.165) is 16.8 Å². The maximum atomic E-state index is 12.8. The molecule has 0 bridgehead atoms. The molecule has 0 aliphatic heterocycles. The van der Waals surface area contributed by atoms with Crippen molar-refractivity contribution in [2.24, 2.45) is 0 Å². The number of anilines is 1. The van der Waals surface area contributed by atoms with Gasteiger partial charge in [0.2, 0.25) is 5.91 Å². The van der Waals surface area contributed by atoms with Crippen molar-refractivity contribution in [2.45, 2.75) is 26.8 Å². The maximum Gasteiger partial charge on any atom is 0.238 e. The van der Waals surface area contributed by atoms with Gasteiger partial charge in [-0.15, -0.1) is 0 Å². The Bertz CT molecular complexity index is 985. The van der Waals surface area contributed by atoms with Crippen LogP contribution >= 0.6 is 0 Å². The molecule has 3 aromatic carbocycles. The van der Waals surface area contributed by atoms with Gasteiger partial charge in [0.1, 0.15) is 0 Å². The van der Waals surface area contributed by atoms with Crippen LogP contribution in [0.3, 0.4) is 0 Å². The molecule has 1 N–H and O–H groups in total. The third-order valence-electron chi connectivity index (χ3n) is 5.58. The van der Waals surface area contributed by atoms with Crippen molar-refractivity contribution in [1.29, 1.82) is 0 Å². The molecule has 0 spiro atoms. The number of carbonyl (C=O) groups excluding carboxylic acids is 1. The van der Waals surface area contributed by atoms with Gasteiger partial charge in [-0.05, 0) is 61.2 Å². The smallest absolute Gasteiger partial charge is 0.238 e. The zero-order valence-corrected chi connectivity index (χ0v) is 16.9. The van der Waals surface area contributed by atoms with Gasteiger partial charge in [-0.3, -0.25) is 9.69 Å². The van der Waals surface area contributed by atoms with Crippen LogP contribution in [0.15, 0.2) is 60.7 Å². The minimum absolute atomic E-state index is 0.0133. The molecule has 4 rings (SSSR count). The second-order valence-corrected chi connectivity index (χ2v) is 7.81. The highest BCUT2D eigenvalue weighted by molar-refractivity contribution is 5.94. The molecule has 3 aromatic rings. The summed E-state index contributed by atoms with van der Waals surface area (Å²) >= 11 is 0. The molecule has 0 heterocycles. The Hall–Kier alpha value is -2.91. The van der Waals surface area contributed by atoms with Gasteiger partial charge in [0.25, 0.3) is 0 Å². The molecule has 0 unspecified atom stereocenters. The number of aryl methyl sites for hydroxylation is 3. The van der Waals surface area contributed by atoms with Gasteiger partial charge in [0.15, 0.2) is 0 Å². The van der Waals surface area contributed by atoms with Crippen LogP contribution < -0.4 is 5.32 Å². The molecule has 0 radical (unpaired) electrons. The molecule has 1 aliphatic rings. The Morgan fingerprint density at radius 3 is 1.93 bits per heavy atom. The van der Waals surface area contributed by atoms with Crippen LogP contribution in [0.4, 0.5) is 5.69 Å². The number of hydrogen-bond acceptors (Lipinski definition) is 2. The topological polar surface area (TPSA) is 32.3 Å². The molecule has 28 heavy (non-hydrogen) atoms. The maximum absolute atomic E-state index is 12.8. The van der Waals surface area contributed by atoms with Crippen molar-refractivity contribution < 1.29 is 4.79 Å². The summed E-state index contributed by atoms with van der Waals surface area (Å²) in [4.78, 5) is 15.0. The highest BCUT2D eigenvalue weighted by Crippen LogP contribution is 2.45. The standard InChI is InChI=1S/C25H26N2O/c1-16-13-17(2)24(18(3)14-16)26-23(28)15-27(4)25-21-11-7-5-9-19(21)20-10-6-8-12-22(20)25/h5-14,25H,15H2,1-4H3,(H,26,28). The number of amides is 1. The molecule has 0 atom stereocenters. The Kier molecular flexibility index (Phi) is 4.78. The van der Waals surface area contributed by atoms with Crippen LogP contribution in [0.1, 0.15) is 33.9 Å². The summed E-state index contributed by atoms with van der Waals surface area (Å²) in [5.74, 6) is 0.0133. The number of nitrogens with one attached hydrogen (secondary N) is 1. The molecule has 1 amide bonds. The van der Waals surface area contributed by atoms with Crippen molar-refractivity contribution in [3.63, 3.8) is 0 Å². The van der Waals surface area contributed by atoms with Gasteiger partial charge >= 0.3 is 0 Å². The first-order valence-electron chi connectivity index (χ1n) is 9.72. The SMILES string of the molecule is Cc1cc(C)c(NC(=O)CN(C)C2c3ccccc3-c3ccccc32)c(C)c1. The summed E-state index contributed by atoms with van der Waals surface area (Å²) in [6.45, 7) is 6.50. The Morgan fingerprint density at radius 1 is 0.893 bits per heavy atom. The molecule has 0 saturated carbocycles. The highest BCUT2D eigenvalue weighted by Gasteiger charge is 2.31. The molecule has 0 saturated heterocycles. The second kappa shape index (κ2) is 7.25. The van der Waals surface area contributed by atoms with Gasteiger partial charge in [0.05, 0.1) is 12.6 Å². The number of benzene rings is 3. The van der Waals surface area contributed by atoms with Gasteiger partial charge in [-0.2, -0.15) is 0 Å². The van der Waals surface area contributed by atoms with Crippen LogP contribution in [-0.2, 0) is 4.79 Å². The number of rotatable bonds is 4. The summed E-state index contributed by atoms with van der Waals surface area (Å²) in [7, 11) is 2.03. The Balaban J connectivity index is 1.57. The Morgan fingerprint density at radius 2 is 1.39 bits per heavy atom. The van der Waals surface area contributed by atoms with Crippen molar-refractivity contribution in [3.05, 3.63) is 88.5 Å². The fourth-order valence-electron chi connectivity index (χ4n) is 4.48. The van der Waals surface area contributed by atoms with Crippen LogP contribution in [-0.4, -0.2) is 24.4 Å². The minimum atomic E-state index is 0.0133. The van der Waals surface area contributed by atoms with E-state index in [1.165, 1.54) is 27.8 Å². The molecular formula is C25H26N2O. The number of hydrogen-bond donors (Lipinski definition) is 1. The third-order valence-corrected chi connectivity index (χ3v) is 5.58. The monoisotopic (exact) mass is 370 g/mol. The summed E-state index contributed by atoms with van der Waals surface area (Å²) in [6.07, 6.45) is 0. The largest absolute Gasteiger partial charge is 0.324 e. The molecule has 142 valence electrons.